The van der Waals surface area contributed by atoms with Crippen LogP contribution < -0.4 is 5.32 Å². The summed E-state index contributed by atoms with van der Waals surface area (Å²) >= 11 is 0. The maximum Gasteiger partial charge on any atom is 0.234 e. The summed E-state index contributed by atoms with van der Waals surface area (Å²) in [5.74, 6) is 0.825. The highest BCUT2D eigenvalue weighted by Crippen LogP contribution is 2.28. The van der Waals surface area contributed by atoms with Crippen molar-refractivity contribution in [2.75, 3.05) is 20.6 Å². The highest BCUT2D eigenvalue weighted by Gasteiger charge is 2.18. The first-order valence-electron chi connectivity index (χ1n) is 6.41. The predicted octanol–water partition coefficient (Wildman–Crippen LogP) is 2.48. The average molecular weight is 260 g/mol. The van der Waals surface area contributed by atoms with E-state index in [1.807, 2.05) is 57.1 Å². The minimum atomic E-state index is -0.125. The van der Waals surface area contributed by atoms with Crippen molar-refractivity contribution in [2.24, 2.45) is 0 Å². The Hall–Kier alpha value is -1.81. The summed E-state index contributed by atoms with van der Waals surface area (Å²) in [7, 11) is 3.74. The second-order valence-electron chi connectivity index (χ2n) is 5.11. The van der Waals surface area contributed by atoms with E-state index < -0.39 is 0 Å². The van der Waals surface area contributed by atoms with Gasteiger partial charge in [-0.1, -0.05) is 18.2 Å². The van der Waals surface area contributed by atoms with Gasteiger partial charge in [-0.25, -0.2) is 0 Å². The summed E-state index contributed by atoms with van der Waals surface area (Å²) in [6.07, 6.45) is 0. The molecular weight excluding hydrogens is 240 g/mol. The summed E-state index contributed by atoms with van der Waals surface area (Å²) < 4.78 is 5.84. The number of nitrogens with one attached hydrogen (secondary N) is 1. The number of likely N-dealkylation sites (N-methyl/N-ethyl adjacent to an activating group) is 1. The van der Waals surface area contributed by atoms with E-state index in [-0.39, 0.29) is 11.9 Å². The number of carbonyl (C=O) groups is 1. The zero-order valence-electron chi connectivity index (χ0n) is 11.9. The van der Waals surface area contributed by atoms with Crippen LogP contribution in [0.5, 0.6) is 0 Å². The van der Waals surface area contributed by atoms with Crippen molar-refractivity contribution in [3.05, 3.63) is 35.6 Å². The van der Waals surface area contributed by atoms with E-state index in [9.17, 15) is 4.79 Å². The molecule has 4 nitrogen and oxygen atoms in total. The van der Waals surface area contributed by atoms with Crippen LogP contribution in [0.25, 0.3) is 11.0 Å². The molecule has 0 aliphatic carbocycles. The fourth-order valence-electron chi connectivity index (χ4n) is 2.25. The van der Waals surface area contributed by atoms with E-state index >= 15 is 0 Å². The molecule has 1 heterocycles. The van der Waals surface area contributed by atoms with Gasteiger partial charge in [-0.15, -0.1) is 0 Å². The van der Waals surface area contributed by atoms with E-state index in [0.717, 1.165) is 22.3 Å². The Morgan fingerprint density at radius 1 is 1.37 bits per heavy atom. The summed E-state index contributed by atoms with van der Waals surface area (Å²) in [5.41, 5.74) is 1.96. The second-order valence-corrected chi connectivity index (χ2v) is 5.11. The SMILES string of the molecule is Cc1c([C@H](C)NC(=O)CN(C)C)oc2ccccc12. The number of nitrogens with zero attached hydrogens (tertiary/aromatic N) is 1. The molecule has 0 unspecified atom stereocenters. The number of para-hydroxylation sites is 1. The molecule has 1 amide bonds. The molecule has 4 heteroatoms. The Morgan fingerprint density at radius 2 is 2.05 bits per heavy atom. The minimum Gasteiger partial charge on any atom is -0.459 e. The number of benzene rings is 1. The Morgan fingerprint density at radius 3 is 2.68 bits per heavy atom. The molecule has 19 heavy (non-hydrogen) atoms. The summed E-state index contributed by atoms with van der Waals surface area (Å²) in [6, 6.07) is 7.79. The first kappa shape index (κ1) is 13.6. The molecule has 0 aliphatic heterocycles. The van der Waals surface area contributed by atoms with Gasteiger partial charge >= 0.3 is 0 Å². The molecule has 0 spiro atoms. The first-order valence-corrected chi connectivity index (χ1v) is 6.41. The van der Waals surface area contributed by atoms with Crippen LogP contribution in [0.4, 0.5) is 0 Å². The van der Waals surface area contributed by atoms with Crippen molar-refractivity contribution in [3.8, 4) is 0 Å². The second kappa shape index (κ2) is 5.45. The van der Waals surface area contributed by atoms with Crippen LogP contribution in [0.3, 0.4) is 0 Å². The lowest BCUT2D eigenvalue weighted by Gasteiger charge is -2.15. The molecule has 102 valence electrons. The molecule has 0 bridgehead atoms. The highest BCUT2D eigenvalue weighted by molar-refractivity contribution is 5.83. The Bertz CT molecular complexity index is 587. The Labute approximate surface area is 113 Å². The number of rotatable bonds is 4. The van der Waals surface area contributed by atoms with Crippen molar-refractivity contribution in [2.45, 2.75) is 19.9 Å². The topological polar surface area (TPSA) is 45.5 Å². The van der Waals surface area contributed by atoms with Crippen LogP contribution in [0, 0.1) is 6.92 Å². The monoisotopic (exact) mass is 260 g/mol. The van der Waals surface area contributed by atoms with Crippen molar-refractivity contribution in [1.82, 2.24) is 10.2 Å². The van der Waals surface area contributed by atoms with Gasteiger partial charge in [0.25, 0.3) is 0 Å². The largest absolute Gasteiger partial charge is 0.459 e. The smallest absolute Gasteiger partial charge is 0.234 e. The van der Waals surface area contributed by atoms with Gasteiger partial charge in [0.2, 0.25) is 5.91 Å². The van der Waals surface area contributed by atoms with Crippen LogP contribution in [0.1, 0.15) is 24.3 Å². The lowest BCUT2D eigenvalue weighted by atomic mass is 10.1. The van der Waals surface area contributed by atoms with Crippen LogP contribution >= 0.6 is 0 Å². The number of amides is 1. The maximum atomic E-state index is 11.8. The zero-order chi connectivity index (χ0) is 14.0. The lowest BCUT2D eigenvalue weighted by Crippen LogP contribution is -2.34. The van der Waals surface area contributed by atoms with Crippen LogP contribution in [0.15, 0.2) is 28.7 Å². The van der Waals surface area contributed by atoms with Crippen molar-refractivity contribution >= 4 is 16.9 Å². The standard InChI is InChI=1S/C15H20N2O2/c1-10-12-7-5-6-8-13(12)19-15(10)11(2)16-14(18)9-17(3)4/h5-8,11H,9H2,1-4H3,(H,16,18)/t11-/m0/s1. The number of furan rings is 1. The van der Waals surface area contributed by atoms with E-state index in [1.165, 1.54) is 0 Å². The Balaban J connectivity index is 2.19. The number of hydrogen-bond donors (Lipinski definition) is 1. The van der Waals surface area contributed by atoms with Gasteiger partial charge in [0.15, 0.2) is 0 Å². The Kier molecular flexibility index (Phi) is 3.90. The molecule has 0 saturated carbocycles. The fraction of sp³-hybridized carbons (Fsp3) is 0.400. The first-order chi connectivity index (χ1) is 8.99. The van der Waals surface area contributed by atoms with Crippen molar-refractivity contribution < 1.29 is 9.21 Å². The van der Waals surface area contributed by atoms with E-state index in [1.54, 1.807) is 0 Å². The molecule has 1 N–H and O–H groups in total. The normalized spacial score (nSPS) is 12.9. The van der Waals surface area contributed by atoms with Gasteiger partial charge in [-0.3, -0.25) is 4.79 Å². The molecule has 1 aromatic carbocycles. The molecule has 0 aliphatic rings. The molecule has 2 aromatic rings. The third-order valence-corrected chi connectivity index (χ3v) is 3.11. The van der Waals surface area contributed by atoms with Gasteiger partial charge in [0, 0.05) is 10.9 Å². The van der Waals surface area contributed by atoms with Gasteiger partial charge in [-0.2, -0.15) is 0 Å². The predicted molar refractivity (Wildman–Crippen MR) is 76.1 cm³/mol. The van der Waals surface area contributed by atoms with Gasteiger partial charge in [0.05, 0.1) is 12.6 Å². The third-order valence-electron chi connectivity index (χ3n) is 3.11. The summed E-state index contributed by atoms with van der Waals surface area (Å²) in [6.45, 7) is 4.34. The number of carbonyl (C=O) groups excluding carboxylic acids is 1. The van der Waals surface area contributed by atoms with Crippen LogP contribution in [-0.2, 0) is 4.79 Å². The van der Waals surface area contributed by atoms with Crippen molar-refractivity contribution in [1.29, 1.82) is 0 Å². The van der Waals surface area contributed by atoms with Crippen LogP contribution in [-0.4, -0.2) is 31.4 Å². The average Bonchev–Trinajstić information content (AvgIpc) is 2.66. The van der Waals surface area contributed by atoms with E-state index in [0.29, 0.717) is 6.54 Å². The van der Waals surface area contributed by atoms with E-state index in [4.69, 9.17) is 4.42 Å². The van der Waals surface area contributed by atoms with Crippen LogP contribution in [0.2, 0.25) is 0 Å². The van der Waals surface area contributed by atoms with Gasteiger partial charge in [-0.05, 0) is 34.0 Å². The maximum absolute atomic E-state index is 11.8. The lowest BCUT2D eigenvalue weighted by molar-refractivity contribution is -0.122. The van der Waals surface area contributed by atoms with Gasteiger partial charge < -0.3 is 14.6 Å². The quantitative estimate of drug-likeness (QED) is 0.918. The number of aryl methyl sites for hydroxylation is 1. The third kappa shape index (κ3) is 2.96. The van der Waals surface area contributed by atoms with Crippen molar-refractivity contribution in [3.63, 3.8) is 0 Å². The summed E-state index contributed by atoms with van der Waals surface area (Å²) in [4.78, 5) is 13.6. The zero-order valence-corrected chi connectivity index (χ0v) is 11.9. The molecule has 0 fully saturated rings. The number of fused-ring (bicyclic) bond motifs is 1. The minimum absolute atomic E-state index is 0.00245. The van der Waals surface area contributed by atoms with E-state index in [2.05, 4.69) is 5.32 Å². The molecule has 1 atom stereocenters. The van der Waals surface area contributed by atoms with Gasteiger partial charge in [0.1, 0.15) is 11.3 Å². The summed E-state index contributed by atoms with van der Waals surface area (Å²) in [5, 5.41) is 4.06. The molecule has 0 saturated heterocycles. The molecular formula is C15H20N2O2. The molecule has 0 radical (unpaired) electrons. The number of hydrogen-bond acceptors (Lipinski definition) is 3. The molecule has 2 rings (SSSR count). The highest BCUT2D eigenvalue weighted by atomic mass is 16.3. The fourth-order valence-corrected chi connectivity index (χ4v) is 2.25. The molecule has 1 aromatic heterocycles.